The fourth-order valence-corrected chi connectivity index (χ4v) is 4.70. The summed E-state index contributed by atoms with van der Waals surface area (Å²) in [5.41, 5.74) is 10.5. The van der Waals surface area contributed by atoms with Gasteiger partial charge in [0.25, 0.3) is 0 Å². The SMILES string of the molecule is Nc1nc(-c2ccc3ccc(-c4ccccc4)nc3c2)cn2c(C3CC(O)(CO)C3)ncc12. The molecule has 164 valence electrons. The van der Waals surface area contributed by atoms with Crippen molar-refractivity contribution in [2.75, 3.05) is 12.3 Å². The van der Waals surface area contributed by atoms with Crippen molar-refractivity contribution < 1.29 is 10.2 Å². The molecule has 3 aromatic heterocycles. The first-order valence-electron chi connectivity index (χ1n) is 11.0. The number of anilines is 1. The highest BCUT2D eigenvalue weighted by Gasteiger charge is 2.44. The van der Waals surface area contributed by atoms with Crippen LogP contribution in [0.4, 0.5) is 5.82 Å². The molecule has 1 saturated carbocycles. The molecule has 5 aromatic rings. The van der Waals surface area contributed by atoms with Gasteiger partial charge in [0.05, 0.1) is 35.3 Å². The van der Waals surface area contributed by atoms with Crippen molar-refractivity contribution in [1.82, 2.24) is 19.4 Å². The van der Waals surface area contributed by atoms with Gasteiger partial charge in [0.15, 0.2) is 0 Å². The normalized spacial score (nSPS) is 20.2. The van der Waals surface area contributed by atoms with Gasteiger partial charge in [-0.3, -0.25) is 4.40 Å². The van der Waals surface area contributed by atoms with Crippen LogP contribution in [-0.4, -0.2) is 41.8 Å². The number of nitrogens with two attached hydrogens (primary N) is 1. The molecule has 3 heterocycles. The van der Waals surface area contributed by atoms with E-state index in [-0.39, 0.29) is 12.5 Å². The molecule has 0 saturated heterocycles. The van der Waals surface area contributed by atoms with Crippen LogP contribution >= 0.6 is 0 Å². The number of fused-ring (bicyclic) bond motifs is 2. The fourth-order valence-electron chi connectivity index (χ4n) is 4.70. The second kappa shape index (κ2) is 7.37. The fraction of sp³-hybridized carbons (Fsp3) is 0.192. The third-order valence-electron chi connectivity index (χ3n) is 6.55. The Morgan fingerprint density at radius 3 is 2.55 bits per heavy atom. The number of hydrogen-bond acceptors (Lipinski definition) is 6. The van der Waals surface area contributed by atoms with E-state index in [0.29, 0.717) is 18.7 Å². The Hall–Kier alpha value is -3.81. The summed E-state index contributed by atoms with van der Waals surface area (Å²) in [7, 11) is 0. The van der Waals surface area contributed by atoms with Crippen LogP contribution in [0.3, 0.4) is 0 Å². The maximum Gasteiger partial charge on any atom is 0.150 e. The van der Waals surface area contributed by atoms with Crippen LogP contribution in [0.2, 0.25) is 0 Å². The molecule has 33 heavy (non-hydrogen) atoms. The number of nitrogens with zero attached hydrogens (tertiary/aromatic N) is 4. The van der Waals surface area contributed by atoms with E-state index in [4.69, 9.17) is 10.7 Å². The number of pyridine rings is 1. The molecule has 0 amide bonds. The van der Waals surface area contributed by atoms with Crippen molar-refractivity contribution in [3.8, 4) is 22.5 Å². The standard InChI is InChI=1S/C26H23N5O2/c27-24-23-13-28-25(19-11-26(33,12-19)15-32)31(23)14-22(30-24)18-7-6-17-8-9-20(29-21(17)10-18)16-4-2-1-3-5-16/h1-10,13-14,19,32-33H,11-12,15H2,(H2,27,30). The van der Waals surface area contributed by atoms with Gasteiger partial charge in [-0.25, -0.2) is 15.0 Å². The van der Waals surface area contributed by atoms with E-state index in [0.717, 1.165) is 44.8 Å². The van der Waals surface area contributed by atoms with Crippen molar-refractivity contribution in [3.63, 3.8) is 0 Å². The number of nitrogen functional groups attached to an aromatic ring is 1. The molecule has 7 heteroatoms. The predicted octanol–water partition coefficient (Wildman–Crippen LogP) is 3.79. The van der Waals surface area contributed by atoms with Gasteiger partial charge in [0, 0.05) is 28.6 Å². The van der Waals surface area contributed by atoms with Crippen LogP contribution in [0.1, 0.15) is 24.6 Å². The summed E-state index contributed by atoms with van der Waals surface area (Å²) >= 11 is 0. The van der Waals surface area contributed by atoms with Crippen LogP contribution in [0.25, 0.3) is 38.9 Å². The first-order valence-corrected chi connectivity index (χ1v) is 11.0. The lowest BCUT2D eigenvalue weighted by Crippen LogP contribution is -2.46. The number of rotatable bonds is 4. The van der Waals surface area contributed by atoms with Gasteiger partial charge >= 0.3 is 0 Å². The minimum atomic E-state index is -1.02. The van der Waals surface area contributed by atoms with Crippen molar-refractivity contribution in [2.45, 2.75) is 24.4 Å². The van der Waals surface area contributed by atoms with E-state index in [1.807, 2.05) is 65.2 Å². The number of aliphatic hydroxyl groups is 2. The number of imidazole rings is 1. The molecule has 0 unspecified atom stereocenters. The van der Waals surface area contributed by atoms with Crippen LogP contribution in [0.5, 0.6) is 0 Å². The average Bonchev–Trinajstić information content (AvgIpc) is 3.26. The quantitative estimate of drug-likeness (QED) is 0.395. The molecule has 0 radical (unpaired) electrons. The Balaban J connectivity index is 1.42. The van der Waals surface area contributed by atoms with Crippen molar-refractivity contribution in [2.24, 2.45) is 0 Å². The molecule has 7 nitrogen and oxygen atoms in total. The van der Waals surface area contributed by atoms with Crippen molar-refractivity contribution in [3.05, 3.63) is 78.9 Å². The van der Waals surface area contributed by atoms with E-state index < -0.39 is 5.60 Å². The maximum atomic E-state index is 10.2. The third kappa shape index (κ3) is 3.33. The van der Waals surface area contributed by atoms with Crippen molar-refractivity contribution in [1.29, 1.82) is 0 Å². The topological polar surface area (TPSA) is 110 Å². The first kappa shape index (κ1) is 19.8. The van der Waals surface area contributed by atoms with Crippen LogP contribution in [0, 0.1) is 0 Å². The molecule has 4 N–H and O–H groups in total. The van der Waals surface area contributed by atoms with Crippen LogP contribution in [0.15, 0.2) is 73.1 Å². The summed E-state index contributed by atoms with van der Waals surface area (Å²) in [5, 5.41) is 20.6. The van der Waals surface area contributed by atoms with Crippen molar-refractivity contribution >= 4 is 22.2 Å². The summed E-state index contributed by atoms with van der Waals surface area (Å²) in [4.78, 5) is 14.0. The maximum absolute atomic E-state index is 10.2. The van der Waals surface area contributed by atoms with E-state index in [1.54, 1.807) is 6.20 Å². The summed E-state index contributed by atoms with van der Waals surface area (Å²) in [6.45, 7) is -0.239. The highest BCUT2D eigenvalue weighted by Crippen LogP contribution is 2.44. The van der Waals surface area contributed by atoms with E-state index >= 15 is 0 Å². The molecule has 6 rings (SSSR count). The molecular weight excluding hydrogens is 414 g/mol. The lowest BCUT2D eigenvalue weighted by molar-refractivity contribution is -0.0882. The summed E-state index contributed by atoms with van der Waals surface area (Å²) < 4.78 is 1.96. The average molecular weight is 438 g/mol. The zero-order valence-corrected chi connectivity index (χ0v) is 17.9. The molecule has 1 aliphatic rings. The van der Waals surface area contributed by atoms with E-state index in [9.17, 15) is 10.2 Å². The van der Waals surface area contributed by atoms with Crippen LogP contribution < -0.4 is 5.73 Å². The Morgan fingerprint density at radius 2 is 1.76 bits per heavy atom. The molecule has 1 fully saturated rings. The lowest BCUT2D eigenvalue weighted by atomic mass is 9.71. The summed E-state index contributed by atoms with van der Waals surface area (Å²) in [6, 6.07) is 20.3. The molecule has 0 bridgehead atoms. The third-order valence-corrected chi connectivity index (χ3v) is 6.55. The number of aliphatic hydroxyl groups excluding tert-OH is 1. The molecule has 0 aliphatic heterocycles. The second-order valence-electron chi connectivity index (χ2n) is 8.84. The van der Waals surface area contributed by atoms with Gasteiger partial charge in [-0.1, -0.05) is 48.5 Å². The minimum absolute atomic E-state index is 0.0611. The number of benzene rings is 2. The number of hydrogen-bond donors (Lipinski definition) is 3. The van der Waals surface area contributed by atoms with Gasteiger partial charge < -0.3 is 15.9 Å². The largest absolute Gasteiger partial charge is 0.393 e. The highest BCUT2D eigenvalue weighted by molar-refractivity contribution is 5.86. The molecule has 1 aliphatic carbocycles. The Bertz CT molecular complexity index is 1490. The Labute approximate surface area is 190 Å². The van der Waals surface area contributed by atoms with E-state index in [2.05, 4.69) is 16.0 Å². The summed E-state index contributed by atoms with van der Waals surface area (Å²) in [5.74, 6) is 1.28. The van der Waals surface area contributed by atoms with Gasteiger partial charge in [-0.05, 0) is 25.0 Å². The zero-order chi connectivity index (χ0) is 22.6. The molecule has 2 aromatic carbocycles. The van der Waals surface area contributed by atoms with Gasteiger partial charge in [0.2, 0.25) is 0 Å². The van der Waals surface area contributed by atoms with Gasteiger partial charge in [-0.15, -0.1) is 0 Å². The molecule has 0 atom stereocenters. The zero-order valence-electron chi connectivity index (χ0n) is 17.9. The molecule has 0 spiro atoms. The second-order valence-corrected chi connectivity index (χ2v) is 8.84. The smallest absolute Gasteiger partial charge is 0.150 e. The number of aromatic nitrogens is 4. The van der Waals surface area contributed by atoms with E-state index in [1.165, 1.54) is 0 Å². The monoisotopic (exact) mass is 437 g/mol. The Morgan fingerprint density at radius 1 is 0.970 bits per heavy atom. The van der Waals surface area contributed by atoms with Gasteiger partial charge in [-0.2, -0.15) is 0 Å². The summed E-state index contributed by atoms with van der Waals surface area (Å²) in [6.07, 6.45) is 4.60. The Kier molecular flexibility index (Phi) is 4.43. The minimum Gasteiger partial charge on any atom is -0.393 e. The molecular formula is C26H23N5O2. The lowest BCUT2D eigenvalue weighted by Gasteiger charge is -2.41. The first-order chi connectivity index (χ1) is 16.0. The van der Waals surface area contributed by atoms with Crippen LogP contribution in [-0.2, 0) is 0 Å². The highest BCUT2D eigenvalue weighted by atomic mass is 16.3. The van der Waals surface area contributed by atoms with Gasteiger partial charge in [0.1, 0.15) is 17.2 Å². The predicted molar refractivity (Wildman–Crippen MR) is 128 cm³/mol.